The average molecular weight is 258 g/mol. The number of nitrogens with one attached hydrogen (secondary N) is 1. The quantitative estimate of drug-likeness (QED) is 0.430. The van der Waals surface area contributed by atoms with Crippen LogP contribution in [0.4, 0.5) is 0 Å². The number of thiocarbonyl (C=S) groups is 1. The SMILES string of the molecule is NC(=S)NN=Cc1c(Cl)cccc1C(=O)O. The van der Waals surface area contributed by atoms with Crippen LogP contribution in [-0.2, 0) is 0 Å². The van der Waals surface area contributed by atoms with Crippen LogP contribution >= 0.6 is 23.8 Å². The zero-order valence-electron chi connectivity index (χ0n) is 7.98. The number of aromatic carboxylic acids is 1. The van der Waals surface area contributed by atoms with Crippen molar-refractivity contribution in [3.63, 3.8) is 0 Å². The predicted octanol–water partition coefficient (Wildman–Crippen LogP) is 1.21. The fourth-order valence-corrected chi connectivity index (χ4v) is 1.29. The van der Waals surface area contributed by atoms with E-state index in [0.717, 1.165) is 0 Å². The first-order valence-corrected chi connectivity index (χ1v) is 4.91. The summed E-state index contributed by atoms with van der Waals surface area (Å²) in [6.07, 6.45) is 1.25. The van der Waals surface area contributed by atoms with Crippen molar-refractivity contribution in [2.75, 3.05) is 0 Å². The largest absolute Gasteiger partial charge is 0.478 e. The van der Waals surface area contributed by atoms with Gasteiger partial charge in [-0.3, -0.25) is 5.43 Å². The standard InChI is InChI=1S/C9H8ClN3O2S/c10-7-3-1-2-5(8(14)15)6(7)4-12-13-9(11)16/h1-4H,(H,14,15)(H3,11,13,16). The number of halogens is 1. The zero-order chi connectivity index (χ0) is 12.1. The summed E-state index contributed by atoms with van der Waals surface area (Å²) in [6.45, 7) is 0. The Balaban J connectivity index is 3.06. The number of hydrogen-bond acceptors (Lipinski definition) is 3. The van der Waals surface area contributed by atoms with E-state index in [1.807, 2.05) is 0 Å². The van der Waals surface area contributed by atoms with Crippen molar-refractivity contribution in [3.8, 4) is 0 Å². The number of nitrogens with two attached hydrogens (primary N) is 1. The van der Waals surface area contributed by atoms with Gasteiger partial charge in [-0.1, -0.05) is 17.7 Å². The van der Waals surface area contributed by atoms with Gasteiger partial charge in [0.05, 0.1) is 16.8 Å². The molecule has 0 fully saturated rings. The van der Waals surface area contributed by atoms with Crippen molar-refractivity contribution in [1.82, 2.24) is 5.43 Å². The van der Waals surface area contributed by atoms with Crippen LogP contribution in [0.25, 0.3) is 0 Å². The van der Waals surface area contributed by atoms with Crippen LogP contribution in [0.3, 0.4) is 0 Å². The second kappa shape index (κ2) is 5.43. The Morgan fingerprint density at radius 2 is 2.31 bits per heavy atom. The minimum atomic E-state index is -1.08. The van der Waals surface area contributed by atoms with Gasteiger partial charge in [0.1, 0.15) is 0 Å². The highest BCUT2D eigenvalue weighted by Gasteiger charge is 2.10. The molecule has 1 aromatic carbocycles. The van der Waals surface area contributed by atoms with Crippen molar-refractivity contribution < 1.29 is 9.90 Å². The summed E-state index contributed by atoms with van der Waals surface area (Å²) in [5.74, 6) is -1.08. The van der Waals surface area contributed by atoms with Crippen molar-refractivity contribution in [2.24, 2.45) is 10.8 Å². The zero-order valence-corrected chi connectivity index (χ0v) is 9.55. The third-order valence-corrected chi connectivity index (χ3v) is 2.07. The lowest BCUT2D eigenvalue weighted by Crippen LogP contribution is -2.24. The molecule has 1 aromatic rings. The molecule has 84 valence electrons. The number of hydrazone groups is 1. The number of hydrogen-bond donors (Lipinski definition) is 3. The Morgan fingerprint density at radius 3 is 2.88 bits per heavy atom. The van der Waals surface area contributed by atoms with E-state index in [0.29, 0.717) is 5.56 Å². The maximum atomic E-state index is 10.9. The van der Waals surface area contributed by atoms with E-state index >= 15 is 0 Å². The highest BCUT2D eigenvalue weighted by Crippen LogP contribution is 2.18. The van der Waals surface area contributed by atoms with E-state index in [2.05, 4.69) is 22.7 Å². The Morgan fingerprint density at radius 1 is 1.62 bits per heavy atom. The van der Waals surface area contributed by atoms with E-state index in [-0.39, 0.29) is 15.7 Å². The molecule has 5 nitrogen and oxygen atoms in total. The molecule has 0 aromatic heterocycles. The van der Waals surface area contributed by atoms with Crippen LogP contribution in [0, 0.1) is 0 Å². The van der Waals surface area contributed by atoms with Gasteiger partial charge in [-0.25, -0.2) is 4.79 Å². The molecule has 0 saturated heterocycles. The van der Waals surface area contributed by atoms with Crippen molar-refractivity contribution >= 4 is 41.1 Å². The van der Waals surface area contributed by atoms with Crippen molar-refractivity contribution in [3.05, 3.63) is 34.3 Å². The van der Waals surface area contributed by atoms with Gasteiger partial charge in [-0.15, -0.1) is 0 Å². The molecule has 1 rings (SSSR count). The van der Waals surface area contributed by atoms with Gasteiger partial charge in [0.2, 0.25) is 0 Å². The lowest BCUT2D eigenvalue weighted by Gasteiger charge is -2.02. The second-order valence-electron chi connectivity index (χ2n) is 2.74. The smallest absolute Gasteiger partial charge is 0.336 e. The molecule has 0 radical (unpaired) electrons. The summed E-state index contributed by atoms with van der Waals surface area (Å²) < 4.78 is 0. The minimum absolute atomic E-state index is 0.0137. The number of nitrogens with zero attached hydrogens (tertiary/aromatic N) is 1. The van der Waals surface area contributed by atoms with Crippen LogP contribution in [-0.4, -0.2) is 22.4 Å². The van der Waals surface area contributed by atoms with E-state index in [9.17, 15) is 4.79 Å². The molecule has 0 heterocycles. The Labute approximate surface area is 102 Å². The molecule has 0 aliphatic rings. The molecule has 0 atom stereocenters. The van der Waals surface area contributed by atoms with Gasteiger partial charge in [-0.2, -0.15) is 5.10 Å². The highest BCUT2D eigenvalue weighted by molar-refractivity contribution is 7.80. The Hall–Kier alpha value is -1.66. The molecule has 7 heteroatoms. The number of carbonyl (C=O) groups is 1. The summed E-state index contributed by atoms with van der Waals surface area (Å²) in [6, 6.07) is 4.54. The van der Waals surface area contributed by atoms with Gasteiger partial charge in [0.25, 0.3) is 0 Å². The first-order valence-electron chi connectivity index (χ1n) is 4.12. The molecule has 4 N–H and O–H groups in total. The monoisotopic (exact) mass is 257 g/mol. The first-order chi connectivity index (χ1) is 7.52. The molecule has 0 amide bonds. The first kappa shape index (κ1) is 12.4. The summed E-state index contributed by atoms with van der Waals surface area (Å²) in [4.78, 5) is 10.9. The van der Waals surface area contributed by atoms with Crippen LogP contribution in [0.15, 0.2) is 23.3 Å². The number of carboxylic acids is 1. The lowest BCUT2D eigenvalue weighted by molar-refractivity contribution is 0.0697. The van der Waals surface area contributed by atoms with E-state index in [4.69, 9.17) is 22.4 Å². The van der Waals surface area contributed by atoms with Crippen molar-refractivity contribution in [2.45, 2.75) is 0 Å². The van der Waals surface area contributed by atoms with Gasteiger partial charge in [0.15, 0.2) is 5.11 Å². The third kappa shape index (κ3) is 3.18. The lowest BCUT2D eigenvalue weighted by atomic mass is 10.1. The molecule has 0 aliphatic heterocycles. The summed E-state index contributed by atoms with van der Waals surface area (Å²) in [7, 11) is 0. The number of carboxylic acid groups (broad SMARTS) is 1. The molecule has 16 heavy (non-hydrogen) atoms. The fraction of sp³-hybridized carbons (Fsp3) is 0. The summed E-state index contributed by atoms with van der Waals surface area (Å²) in [5.41, 5.74) is 7.81. The maximum absolute atomic E-state index is 10.9. The normalized spacial score (nSPS) is 10.3. The minimum Gasteiger partial charge on any atom is -0.478 e. The van der Waals surface area contributed by atoms with Crippen molar-refractivity contribution in [1.29, 1.82) is 0 Å². The van der Waals surface area contributed by atoms with Crippen LogP contribution in [0.1, 0.15) is 15.9 Å². The molecule has 0 unspecified atom stereocenters. The molecular formula is C9H8ClN3O2S. The number of benzene rings is 1. The topological polar surface area (TPSA) is 87.7 Å². The van der Waals surface area contributed by atoms with Gasteiger partial charge >= 0.3 is 5.97 Å². The average Bonchev–Trinajstić information content (AvgIpc) is 2.19. The summed E-state index contributed by atoms with van der Waals surface area (Å²) in [5, 5.41) is 12.8. The number of rotatable bonds is 3. The van der Waals surface area contributed by atoms with E-state index in [1.54, 1.807) is 12.1 Å². The third-order valence-electron chi connectivity index (χ3n) is 1.65. The Bertz CT molecular complexity index is 462. The van der Waals surface area contributed by atoms with Gasteiger partial charge in [0, 0.05) is 5.56 Å². The van der Waals surface area contributed by atoms with Gasteiger partial charge < -0.3 is 10.8 Å². The predicted molar refractivity (Wildman–Crippen MR) is 65.9 cm³/mol. The van der Waals surface area contributed by atoms with E-state index in [1.165, 1.54) is 12.3 Å². The molecular weight excluding hydrogens is 250 g/mol. The Kier molecular flexibility index (Phi) is 4.21. The van der Waals surface area contributed by atoms with Crippen LogP contribution in [0.5, 0.6) is 0 Å². The van der Waals surface area contributed by atoms with E-state index < -0.39 is 5.97 Å². The molecule has 0 saturated carbocycles. The molecule has 0 aliphatic carbocycles. The van der Waals surface area contributed by atoms with Crippen LogP contribution < -0.4 is 11.2 Å². The van der Waals surface area contributed by atoms with Crippen LogP contribution in [0.2, 0.25) is 5.02 Å². The second-order valence-corrected chi connectivity index (χ2v) is 3.59. The molecule has 0 bridgehead atoms. The summed E-state index contributed by atoms with van der Waals surface area (Å²) >= 11 is 10.4. The van der Waals surface area contributed by atoms with Gasteiger partial charge in [-0.05, 0) is 24.4 Å². The maximum Gasteiger partial charge on any atom is 0.336 e. The highest BCUT2D eigenvalue weighted by atomic mass is 35.5. The molecule has 0 spiro atoms. The fourth-order valence-electron chi connectivity index (χ4n) is 1.02.